The lowest BCUT2D eigenvalue weighted by molar-refractivity contribution is -0.136. The van der Waals surface area contributed by atoms with E-state index in [4.69, 9.17) is 4.42 Å². The van der Waals surface area contributed by atoms with Crippen LogP contribution in [0.3, 0.4) is 0 Å². The third kappa shape index (κ3) is 3.82. The van der Waals surface area contributed by atoms with Gasteiger partial charge in [0.05, 0.1) is 11.8 Å². The van der Waals surface area contributed by atoms with Gasteiger partial charge in [-0.2, -0.15) is 18.3 Å². The Morgan fingerprint density at radius 3 is 2.73 bits per heavy atom. The summed E-state index contributed by atoms with van der Waals surface area (Å²) in [6.07, 6.45) is 1.36. The Balaban J connectivity index is 1.86. The summed E-state index contributed by atoms with van der Waals surface area (Å²) in [4.78, 5) is 23.3. The molecule has 0 bridgehead atoms. The number of hydrogen-bond acceptors (Lipinski definition) is 4. The van der Waals surface area contributed by atoms with Crippen LogP contribution in [0.25, 0.3) is 17.0 Å². The molecule has 0 unspecified atom stereocenters. The van der Waals surface area contributed by atoms with Crippen molar-refractivity contribution in [1.82, 2.24) is 9.78 Å². The maximum Gasteiger partial charge on any atom is 0.417 e. The van der Waals surface area contributed by atoms with Crippen LogP contribution in [0.1, 0.15) is 11.1 Å². The van der Waals surface area contributed by atoms with Crippen molar-refractivity contribution in [2.24, 2.45) is 7.05 Å². The largest absolute Gasteiger partial charge is 0.423 e. The van der Waals surface area contributed by atoms with Crippen molar-refractivity contribution in [1.29, 1.82) is 0 Å². The highest BCUT2D eigenvalue weighted by Crippen LogP contribution is 2.34. The molecule has 1 aromatic carbocycles. The lowest BCUT2D eigenvalue weighted by Gasteiger charge is -2.10. The van der Waals surface area contributed by atoms with Crippen molar-refractivity contribution >= 4 is 28.6 Å². The molecule has 26 heavy (non-hydrogen) atoms. The van der Waals surface area contributed by atoms with Gasteiger partial charge < -0.3 is 9.73 Å². The van der Waals surface area contributed by atoms with E-state index in [-0.39, 0.29) is 16.7 Å². The predicted molar refractivity (Wildman–Crippen MR) is 88.4 cm³/mol. The van der Waals surface area contributed by atoms with Gasteiger partial charge in [0, 0.05) is 48.1 Å². The number of benzene rings is 1. The molecule has 0 saturated heterocycles. The van der Waals surface area contributed by atoms with Crippen molar-refractivity contribution in [2.75, 3.05) is 5.32 Å². The Bertz CT molecular complexity index is 1060. The fourth-order valence-corrected chi connectivity index (χ4v) is 2.36. The summed E-state index contributed by atoms with van der Waals surface area (Å²) in [6.45, 7) is 0. The summed E-state index contributed by atoms with van der Waals surface area (Å²) in [5, 5.41) is 6.18. The fourth-order valence-electron chi connectivity index (χ4n) is 2.36. The van der Waals surface area contributed by atoms with E-state index in [1.165, 1.54) is 24.3 Å². The second kappa shape index (κ2) is 6.51. The van der Waals surface area contributed by atoms with Crippen LogP contribution >= 0.6 is 0 Å². The van der Waals surface area contributed by atoms with Crippen LogP contribution in [-0.2, 0) is 18.0 Å². The summed E-state index contributed by atoms with van der Waals surface area (Å²) in [7, 11) is 1.73. The number of anilines is 1. The zero-order valence-corrected chi connectivity index (χ0v) is 13.4. The summed E-state index contributed by atoms with van der Waals surface area (Å²) in [5.41, 5.74) is -1.57. The average molecular weight is 363 g/mol. The van der Waals surface area contributed by atoms with Gasteiger partial charge in [0.1, 0.15) is 5.58 Å². The van der Waals surface area contributed by atoms with Crippen LogP contribution in [0.4, 0.5) is 18.9 Å². The number of amides is 1. The second-order valence-corrected chi connectivity index (χ2v) is 5.46. The van der Waals surface area contributed by atoms with E-state index in [1.807, 2.05) is 0 Å². The molecule has 0 atom stereocenters. The monoisotopic (exact) mass is 363 g/mol. The first-order valence-electron chi connectivity index (χ1n) is 7.35. The summed E-state index contributed by atoms with van der Waals surface area (Å²) < 4.78 is 45.4. The minimum atomic E-state index is -4.69. The first-order valence-corrected chi connectivity index (χ1v) is 7.35. The quantitative estimate of drug-likeness (QED) is 0.573. The number of hydrogen-bond donors (Lipinski definition) is 1. The number of aromatic nitrogens is 2. The van der Waals surface area contributed by atoms with Gasteiger partial charge in [-0.1, -0.05) is 0 Å². The molecule has 3 aromatic rings. The zero-order chi connectivity index (χ0) is 18.9. The Morgan fingerprint density at radius 2 is 2.08 bits per heavy atom. The van der Waals surface area contributed by atoms with Crippen LogP contribution in [0, 0.1) is 0 Å². The fraction of sp³-hybridized carbons (Fsp3) is 0.118. The van der Waals surface area contributed by atoms with Crippen LogP contribution in [-0.4, -0.2) is 15.7 Å². The normalized spacial score (nSPS) is 12.0. The number of halogens is 3. The molecule has 134 valence electrons. The van der Waals surface area contributed by atoms with Gasteiger partial charge in [-0.05, 0) is 18.2 Å². The van der Waals surface area contributed by atoms with E-state index >= 15 is 0 Å². The Hall–Kier alpha value is -3.36. The van der Waals surface area contributed by atoms with E-state index in [9.17, 15) is 22.8 Å². The van der Waals surface area contributed by atoms with Crippen molar-refractivity contribution in [3.05, 3.63) is 64.3 Å². The van der Waals surface area contributed by atoms with E-state index in [2.05, 4.69) is 10.4 Å². The highest BCUT2D eigenvalue weighted by Gasteiger charge is 2.33. The number of nitrogens with zero attached hydrogens (tertiary/aromatic N) is 2. The molecule has 0 aliphatic carbocycles. The number of rotatable bonds is 3. The minimum absolute atomic E-state index is 0.195. The Kier molecular flexibility index (Phi) is 4.37. The molecule has 0 spiro atoms. The van der Waals surface area contributed by atoms with Crippen LogP contribution in [0.2, 0.25) is 0 Å². The van der Waals surface area contributed by atoms with Gasteiger partial charge in [-0.3, -0.25) is 9.48 Å². The summed E-state index contributed by atoms with van der Waals surface area (Å²) >= 11 is 0. The predicted octanol–water partition coefficient (Wildman–Crippen LogP) is 3.20. The van der Waals surface area contributed by atoms with Crippen molar-refractivity contribution in [3.8, 4) is 0 Å². The molecule has 0 aliphatic heterocycles. The van der Waals surface area contributed by atoms with Crippen molar-refractivity contribution in [2.45, 2.75) is 6.18 Å². The van der Waals surface area contributed by atoms with Crippen LogP contribution in [0.15, 0.2) is 51.9 Å². The number of aryl methyl sites for hydroxylation is 1. The van der Waals surface area contributed by atoms with E-state index in [0.717, 1.165) is 6.07 Å². The van der Waals surface area contributed by atoms with Crippen LogP contribution < -0.4 is 10.9 Å². The topological polar surface area (TPSA) is 77.1 Å². The number of fused-ring (bicyclic) bond motifs is 1. The summed E-state index contributed by atoms with van der Waals surface area (Å²) in [5.74, 6) is -0.498. The van der Waals surface area contributed by atoms with E-state index < -0.39 is 23.3 Å². The molecule has 2 aromatic heterocycles. The number of alkyl halides is 3. The van der Waals surface area contributed by atoms with E-state index in [1.54, 1.807) is 24.1 Å². The van der Waals surface area contributed by atoms with Crippen molar-refractivity contribution in [3.63, 3.8) is 0 Å². The average Bonchev–Trinajstić information content (AvgIpc) is 2.96. The molecule has 0 saturated carbocycles. The van der Waals surface area contributed by atoms with Gasteiger partial charge >= 0.3 is 11.8 Å². The highest BCUT2D eigenvalue weighted by molar-refractivity contribution is 6.02. The summed E-state index contributed by atoms with van der Waals surface area (Å²) in [6, 6.07) is 4.01. The molecule has 0 aliphatic rings. The Labute approximate surface area is 144 Å². The molecule has 1 amide bonds. The molecule has 1 N–H and O–H groups in total. The van der Waals surface area contributed by atoms with Gasteiger partial charge in [-0.15, -0.1) is 0 Å². The SMILES string of the molecule is Cn1cc(C=CC(=O)Nc2ccc3c(C(F)(F)F)cc(=O)oc3c2)cn1. The molecular formula is C17H12F3N3O3. The van der Waals surface area contributed by atoms with Crippen LogP contribution in [0.5, 0.6) is 0 Å². The molecule has 2 heterocycles. The standard InChI is InChI=1S/C17H12F3N3O3/c1-23-9-10(8-21-23)2-5-15(24)22-11-3-4-12-13(17(18,19)20)7-16(25)26-14(12)6-11/h2-9H,1H3,(H,22,24). The Morgan fingerprint density at radius 1 is 1.31 bits per heavy atom. The lowest BCUT2D eigenvalue weighted by Crippen LogP contribution is -2.11. The third-order valence-electron chi connectivity index (χ3n) is 3.47. The molecule has 0 fully saturated rings. The first kappa shape index (κ1) is 17.5. The van der Waals surface area contributed by atoms with Crippen molar-refractivity contribution < 1.29 is 22.4 Å². The molecule has 9 heteroatoms. The maximum atomic E-state index is 13.0. The second-order valence-electron chi connectivity index (χ2n) is 5.46. The molecule has 0 radical (unpaired) electrons. The minimum Gasteiger partial charge on any atom is -0.423 e. The lowest BCUT2D eigenvalue weighted by atomic mass is 10.1. The molecule has 6 nitrogen and oxygen atoms in total. The van der Waals surface area contributed by atoms with Gasteiger partial charge in [0.2, 0.25) is 5.91 Å². The van der Waals surface area contributed by atoms with Gasteiger partial charge in [-0.25, -0.2) is 4.79 Å². The molecular weight excluding hydrogens is 351 g/mol. The maximum absolute atomic E-state index is 13.0. The number of carbonyl (C=O) groups is 1. The molecule has 3 rings (SSSR count). The highest BCUT2D eigenvalue weighted by atomic mass is 19.4. The first-order chi connectivity index (χ1) is 12.2. The third-order valence-corrected chi connectivity index (χ3v) is 3.47. The van der Waals surface area contributed by atoms with Gasteiger partial charge in [0.25, 0.3) is 0 Å². The van der Waals surface area contributed by atoms with E-state index in [0.29, 0.717) is 11.6 Å². The van der Waals surface area contributed by atoms with Gasteiger partial charge in [0.15, 0.2) is 0 Å². The number of carbonyl (C=O) groups excluding carboxylic acids is 1. The smallest absolute Gasteiger partial charge is 0.417 e. The number of nitrogens with one attached hydrogen (secondary N) is 1. The zero-order valence-electron chi connectivity index (χ0n) is 13.4.